The van der Waals surface area contributed by atoms with E-state index < -0.39 is 11.2 Å². The number of imidazole rings is 2. The highest BCUT2D eigenvalue weighted by atomic mass is 16.5. The molecule has 0 radical (unpaired) electrons. The van der Waals surface area contributed by atoms with Gasteiger partial charge in [-0.3, -0.25) is 23.1 Å². The van der Waals surface area contributed by atoms with Crippen molar-refractivity contribution >= 4 is 22.9 Å². The fourth-order valence-electron chi connectivity index (χ4n) is 3.56. The van der Waals surface area contributed by atoms with Crippen molar-refractivity contribution in [2.75, 3.05) is 7.11 Å². The van der Waals surface area contributed by atoms with E-state index in [2.05, 4.69) is 4.98 Å². The molecule has 3 heterocycles. The van der Waals surface area contributed by atoms with Gasteiger partial charge in [0.1, 0.15) is 0 Å². The number of ether oxygens (including phenoxy) is 1. The molecule has 4 aromatic rings. The first kappa shape index (κ1) is 18.7. The standard InChI is InChI=1S/C20H21N5O4/c1-22-17-16(18(27)23(2)20(22)28)25-12-14(13-8-5-4-6-9-13)24(19(25)21-17)11-7-10-15(26)29-3/h4-6,8-9,12H,7,10-11H2,1-3H3. The number of carbonyl (C=O) groups excluding carboxylic acids is 1. The minimum atomic E-state index is -0.427. The molecule has 0 atom stereocenters. The molecule has 0 aliphatic rings. The quantitative estimate of drug-likeness (QED) is 0.475. The number of aromatic nitrogens is 5. The molecule has 0 amide bonds. The summed E-state index contributed by atoms with van der Waals surface area (Å²) in [6.07, 6.45) is 2.68. The average molecular weight is 395 g/mol. The molecule has 0 bridgehead atoms. The number of esters is 1. The Bertz CT molecular complexity index is 1340. The van der Waals surface area contributed by atoms with Crippen LogP contribution in [-0.4, -0.2) is 36.2 Å². The summed E-state index contributed by atoms with van der Waals surface area (Å²) < 4.78 is 10.8. The lowest BCUT2D eigenvalue weighted by Gasteiger charge is -2.08. The first-order valence-electron chi connectivity index (χ1n) is 9.23. The fraction of sp³-hybridized carbons (Fsp3) is 0.300. The highest BCUT2D eigenvalue weighted by Gasteiger charge is 2.20. The summed E-state index contributed by atoms with van der Waals surface area (Å²) >= 11 is 0. The van der Waals surface area contributed by atoms with E-state index in [9.17, 15) is 14.4 Å². The van der Waals surface area contributed by atoms with Crippen molar-refractivity contribution in [1.29, 1.82) is 0 Å². The summed E-state index contributed by atoms with van der Waals surface area (Å²) in [7, 11) is 4.41. The third-order valence-electron chi connectivity index (χ3n) is 5.12. The number of aryl methyl sites for hydroxylation is 2. The van der Waals surface area contributed by atoms with E-state index in [1.165, 1.54) is 18.7 Å². The molecule has 3 aromatic heterocycles. The molecule has 9 heteroatoms. The Labute approximate surface area is 165 Å². The summed E-state index contributed by atoms with van der Waals surface area (Å²) in [5.74, 6) is 0.265. The van der Waals surface area contributed by atoms with Crippen molar-refractivity contribution < 1.29 is 9.53 Å². The van der Waals surface area contributed by atoms with Gasteiger partial charge in [-0.2, -0.15) is 4.98 Å². The van der Waals surface area contributed by atoms with E-state index in [0.29, 0.717) is 29.9 Å². The maximum Gasteiger partial charge on any atom is 0.332 e. The average Bonchev–Trinajstić information content (AvgIpc) is 3.28. The number of fused-ring (bicyclic) bond motifs is 3. The predicted molar refractivity (Wildman–Crippen MR) is 108 cm³/mol. The zero-order valence-electron chi connectivity index (χ0n) is 16.5. The lowest BCUT2D eigenvalue weighted by Crippen LogP contribution is -2.37. The minimum Gasteiger partial charge on any atom is -0.469 e. The van der Waals surface area contributed by atoms with Crippen LogP contribution in [-0.2, 0) is 30.2 Å². The van der Waals surface area contributed by atoms with E-state index in [0.717, 1.165) is 15.8 Å². The first-order chi connectivity index (χ1) is 13.9. The molecular weight excluding hydrogens is 374 g/mol. The van der Waals surface area contributed by atoms with Gasteiger partial charge in [0.25, 0.3) is 5.56 Å². The Hall–Kier alpha value is -3.62. The van der Waals surface area contributed by atoms with E-state index in [1.54, 1.807) is 11.4 Å². The van der Waals surface area contributed by atoms with Gasteiger partial charge in [0.15, 0.2) is 11.2 Å². The zero-order chi connectivity index (χ0) is 20.7. The number of carbonyl (C=O) groups is 1. The lowest BCUT2D eigenvalue weighted by atomic mass is 10.1. The van der Waals surface area contributed by atoms with Crippen molar-refractivity contribution in [2.45, 2.75) is 19.4 Å². The first-order valence-corrected chi connectivity index (χ1v) is 9.23. The van der Waals surface area contributed by atoms with Crippen LogP contribution < -0.4 is 11.2 Å². The van der Waals surface area contributed by atoms with Crippen LogP contribution in [0.2, 0.25) is 0 Å². The maximum atomic E-state index is 12.8. The Morgan fingerprint density at radius 1 is 1.10 bits per heavy atom. The number of rotatable bonds is 5. The van der Waals surface area contributed by atoms with Gasteiger partial charge < -0.3 is 9.30 Å². The van der Waals surface area contributed by atoms with Gasteiger partial charge in [-0.25, -0.2) is 4.79 Å². The van der Waals surface area contributed by atoms with E-state index in [4.69, 9.17) is 4.74 Å². The number of benzene rings is 1. The monoisotopic (exact) mass is 395 g/mol. The van der Waals surface area contributed by atoms with Crippen LogP contribution in [0.15, 0.2) is 46.1 Å². The van der Waals surface area contributed by atoms with Crippen molar-refractivity contribution in [3.05, 3.63) is 57.4 Å². The van der Waals surface area contributed by atoms with Crippen molar-refractivity contribution in [2.24, 2.45) is 14.1 Å². The molecule has 0 aliphatic carbocycles. The van der Waals surface area contributed by atoms with Crippen LogP contribution in [0.25, 0.3) is 28.2 Å². The topological polar surface area (TPSA) is 92.5 Å². The number of nitrogens with zero attached hydrogens (tertiary/aromatic N) is 5. The third-order valence-corrected chi connectivity index (χ3v) is 5.12. The fourth-order valence-corrected chi connectivity index (χ4v) is 3.56. The van der Waals surface area contributed by atoms with Crippen molar-refractivity contribution in [3.8, 4) is 11.3 Å². The van der Waals surface area contributed by atoms with E-state index in [1.807, 2.05) is 41.1 Å². The molecule has 4 rings (SSSR count). The Morgan fingerprint density at radius 2 is 1.83 bits per heavy atom. The number of methoxy groups -OCH3 is 1. The van der Waals surface area contributed by atoms with Gasteiger partial charge in [-0.15, -0.1) is 0 Å². The van der Waals surface area contributed by atoms with Crippen LogP contribution in [0.4, 0.5) is 0 Å². The van der Waals surface area contributed by atoms with Crippen LogP contribution in [0, 0.1) is 0 Å². The molecule has 1 aromatic carbocycles. The molecule has 150 valence electrons. The molecule has 9 nitrogen and oxygen atoms in total. The normalized spacial score (nSPS) is 11.4. The van der Waals surface area contributed by atoms with Crippen LogP contribution in [0.5, 0.6) is 0 Å². The van der Waals surface area contributed by atoms with Gasteiger partial charge in [-0.1, -0.05) is 30.3 Å². The van der Waals surface area contributed by atoms with Gasteiger partial charge in [0.2, 0.25) is 5.78 Å². The third kappa shape index (κ3) is 2.95. The molecule has 0 spiro atoms. The molecule has 0 N–H and O–H groups in total. The van der Waals surface area contributed by atoms with E-state index >= 15 is 0 Å². The van der Waals surface area contributed by atoms with Crippen LogP contribution in [0.1, 0.15) is 12.8 Å². The van der Waals surface area contributed by atoms with Gasteiger partial charge >= 0.3 is 11.7 Å². The van der Waals surface area contributed by atoms with Crippen LogP contribution in [0.3, 0.4) is 0 Å². The Kier molecular flexibility index (Phi) is 4.57. The van der Waals surface area contributed by atoms with Gasteiger partial charge in [0.05, 0.1) is 12.8 Å². The molecule has 0 aliphatic heterocycles. The second-order valence-electron chi connectivity index (χ2n) is 6.87. The lowest BCUT2D eigenvalue weighted by molar-refractivity contribution is -0.140. The van der Waals surface area contributed by atoms with Crippen molar-refractivity contribution in [1.82, 2.24) is 23.1 Å². The molecule has 0 unspecified atom stereocenters. The number of hydrogen-bond donors (Lipinski definition) is 0. The second-order valence-corrected chi connectivity index (χ2v) is 6.87. The Morgan fingerprint density at radius 3 is 2.52 bits per heavy atom. The highest BCUT2D eigenvalue weighted by Crippen LogP contribution is 2.25. The van der Waals surface area contributed by atoms with Gasteiger partial charge in [0, 0.05) is 33.3 Å². The molecule has 0 fully saturated rings. The van der Waals surface area contributed by atoms with Crippen LogP contribution >= 0.6 is 0 Å². The predicted octanol–water partition coefficient (Wildman–Crippen LogP) is 1.31. The smallest absolute Gasteiger partial charge is 0.332 e. The second kappa shape index (κ2) is 7.08. The zero-order valence-corrected chi connectivity index (χ0v) is 16.5. The Balaban J connectivity index is 1.97. The van der Waals surface area contributed by atoms with Crippen molar-refractivity contribution in [3.63, 3.8) is 0 Å². The summed E-state index contributed by atoms with van der Waals surface area (Å²) in [5, 5.41) is 0. The summed E-state index contributed by atoms with van der Waals surface area (Å²) in [6, 6.07) is 9.75. The van der Waals surface area contributed by atoms with Gasteiger partial charge in [-0.05, 0) is 12.0 Å². The largest absolute Gasteiger partial charge is 0.469 e. The molecule has 0 saturated carbocycles. The van der Waals surface area contributed by atoms with E-state index in [-0.39, 0.29) is 12.4 Å². The SMILES string of the molecule is COC(=O)CCCn1c(-c2ccccc2)cn2c3c(=O)n(C)c(=O)n(C)c3nc12. The highest BCUT2D eigenvalue weighted by molar-refractivity contribution is 5.78. The summed E-state index contributed by atoms with van der Waals surface area (Å²) in [4.78, 5) is 41.2. The summed E-state index contributed by atoms with van der Waals surface area (Å²) in [6.45, 7) is 0.507. The molecule has 0 saturated heterocycles. The molecule has 29 heavy (non-hydrogen) atoms. The molecular formula is C20H21N5O4. The summed E-state index contributed by atoms with van der Waals surface area (Å²) in [5.41, 5.74) is 1.68. The number of hydrogen-bond acceptors (Lipinski definition) is 5. The maximum absolute atomic E-state index is 12.8. The minimum absolute atomic E-state index is 0.273.